The Labute approximate surface area is 111 Å². The Morgan fingerprint density at radius 1 is 1.33 bits per heavy atom. The summed E-state index contributed by atoms with van der Waals surface area (Å²) in [5.74, 6) is 0. The summed E-state index contributed by atoms with van der Waals surface area (Å²) in [6, 6.07) is 0.602. The van der Waals surface area contributed by atoms with Crippen LogP contribution in [0.3, 0.4) is 0 Å². The highest BCUT2D eigenvalue weighted by Gasteiger charge is 2.35. The fraction of sp³-hybridized carbons (Fsp3) is 1.00. The Bertz CT molecular complexity index is 236. The van der Waals surface area contributed by atoms with Crippen LogP contribution in [0.4, 0.5) is 0 Å². The maximum Gasteiger partial charge on any atom is 0.0622 e. The van der Waals surface area contributed by atoms with E-state index >= 15 is 0 Å². The molecular weight excluding hydrogens is 228 g/mol. The lowest BCUT2D eigenvalue weighted by atomic mass is 9.81. The number of rotatable bonds is 6. The maximum atomic E-state index is 5.75. The molecule has 0 amide bonds. The van der Waals surface area contributed by atoms with Gasteiger partial charge in [0, 0.05) is 37.8 Å². The van der Waals surface area contributed by atoms with Gasteiger partial charge in [0.25, 0.3) is 0 Å². The Morgan fingerprint density at radius 2 is 2.22 bits per heavy atom. The van der Waals surface area contributed by atoms with Gasteiger partial charge in [0.05, 0.1) is 13.2 Å². The minimum absolute atomic E-state index is 0.297. The van der Waals surface area contributed by atoms with Crippen LogP contribution in [0.1, 0.15) is 26.2 Å². The van der Waals surface area contributed by atoms with Crippen LogP contribution in [0.15, 0.2) is 0 Å². The summed E-state index contributed by atoms with van der Waals surface area (Å²) < 4.78 is 11.2. The fourth-order valence-electron chi connectivity index (χ4n) is 3.15. The van der Waals surface area contributed by atoms with Gasteiger partial charge in [-0.2, -0.15) is 0 Å². The molecule has 2 saturated heterocycles. The van der Waals surface area contributed by atoms with E-state index in [-0.39, 0.29) is 0 Å². The van der Waals surface area contributed by atoms with Gasteiger partial charge in [0.2, 0.25) is 0 Å². The van der Waals surface area contributed by atoms with Crippen molar-refractivity contribution in [2.75, 3.05) is 53.1 Å². The fourth-order valence-corrected chi connectivity index (χ4v) is 3.15. The third kappa shape index (κ3) is 3.67. The van der Waals surface area contributed by atoms with Crippen LogP contribution in [0.25, 0.3) is 0 Å². The van der Waals surface area contributed by atoms with Gasteiger partial charge in [-0.15, -0.1) is 0 Å². The first-order valence-electron chi connectivity index (χ1n) is 7.32. The smallest absolute Gasteiger partial charge is 0.0622 e. The van der Waals surface area contributed by atoms with Crippen LogP contribution >= 0.6 is 0 Å². The molecule has 1 N–H and O–H groups in total. The third-order valence-corrected chi connectivity index (χ3v) is 4.27. The number of hydrogen-bond acceptors (Lipinski definition) is 4. The summed E-state index contributed by atoms with van der Waals surface area (Å²) in [6.07, 6.45) is 3.65. The van der Waals surface area contributed by atoms with Gasteiger partial charge in [-0.25, -0.2) is 0 Å². The second-order valence-corrected chi connectivity index (χ2v) is 5.87. The Balaban J connectivity index is 1.90. The number of hydrogen-bond donors (Lipinski definition) is 1. The van der Waals surface area contributed by atoms with Crippen molar-refractivity contribution in [2.24, 2.45) is 5.41 Å². The third-order valence-electron chi connectivity index (χ3n) is 4.27. The quantitative estimate of drug-likeness (QED) is 0.772. The second-order valence-electron chi connectivity index (χ2n) is 5.87. The van der Waals surface area contributed by atoms with E-state index in [9.17, 15) is 0 Å². The van der Waals surface area contributed by atoms with Crippen LogP contribution in [-0.4, -0.2) is 64.1 Å². The normalized spacial score (nSPS) is 33.2. The lowest BCUT2D eigenvalue weighted by molar-refractivity contribution is -0.0284. The predicted molar refractivity (Wildman–Crippen MR) is 72.9 cm³/mol. The Morgan fingerprint density at radius 3 is 2.83 bits per heavy atom. The van der Waals surface area contributed by atoms with Gasteiger partial charge in [-0.1, -0.05) is 6.92 Å². The molecule has 2 aliphatic heterocycles. The van der Waals surface area contributed by atoms with Gasteiger partial charge in [0.1, 0.15) is 0 Å². The molecule has 0 aromatic rings. The Kier molecular flexibility index (Phi) is 5.42. The molecule has 0 spiro atoms. The summed E-state index contributed by atoms with van der Waals surface area (Å²) in [4.78, 5) is 2.49. The molecule has 106 valence electrons. The van der Waals surface area contributed by atoms with Crippen molar-refractivity contribution in [2.45, 2.75) is 32.2 Å². The molecule has 0 aliphatic carbocycles. The number of nitrogens with one attached hydrogen (secondary N) is 1. The molecule has 0 aromatic carbocycles. The van der Waals surface area contributed by atoms with Crippen molar-refractivity contribution in [1.29, 1.82) is 0 Å². The molecule has 4 heteroatoms. The SMILES string of the molecule is CCNCC1(CN(C)C2CCOC2)CCCOC1. The van der Waals surface area contributed by atoms with E-state index in [0.717, 1.165) is 46.1 Å². The van der Waals surface area contributed by atoms with Crippen LogP contribution in [0, 0.1) is 5.41 Å². The van der Waals surface area contributed by atoms with Gasteiger partial charge in [-0.3, -0.25) is 0 Å². The zero-order chi connectivity index (χ0) is 12.8. The molecule has 2 heterocycles. The van der Waals surface area contributed by atoms with Crippen molar-refractivity contribution in [3.8, 4) is 0 Å². The van der Waals surface area contributed by atoms with Crippen molar-refractivity contribution < 1.29 is 9.47 Å². The van der Waals surface area contributed by atoms with E-state index in [0.29, 0.717) is 11.5 Å². The molecule has 2 rings (SSSR count). The van der Waals surface area contributed by atoms with Crippen molar-refractivity contribution in [3.63, 3.8) is 0 Å². The first-order valence-corrected chi connectivity index (χ1v) is 7.32. The van der Waals surface area contributed by atoms with Gasteiger partial charge >= 0.3 is 0 Å². The molecule has 0 aromatic heterocycles. The number of nitrogens with zero attached hydrogens (tertiary/aromatic N) is 1. The molecule has 2 fully saturated rings. The standard InChI is InChI=1S/C14H28N2O2/c1-3-15-10-14(6-4-7-18-12-14)11-16(2)13-5-8-17-9-13/h13,15H,3-12H2,1-2H3. The predicted octanol–water partition coefficient (Wildman–Crippen LogP) is 1.11. The van der Waals surface area contributed by atoms with Crippen molar-refractivity contribution in [3.05, 3.63) is 0 Å². The van der Waals surface area contributed by atoms with Crippen LogP contribution in [0.5, 0.6) is 0 Å². The van der Waals surface area contributed by atoms with Crippen molar-refractivity contribution in [1.82, 2.24) is 10.2 Å². The van der Waals surface area contributed by atoms with Gasteiger partial charge < -0.3 is 19.7 Å². The average Bonchev–Trinajstić information content (AvgIpc) is 2.91. The molecule has 0 bridgehead atoms. The number of ether oxygens (including phenoxy) is 2. The van der Waals surface area contributed by atoms with Crippen molar-refractivity contribution >= 4 is 0 Å². The minimum Gasteiger partial charge on any atom is -0.381 e. The molecule has 0 radical (unpaired) electrons. The zero-order valence-electron chi connectivity index (χ0n) is 11.9. The van der Waals surface area contributed by atoms with E-state index in [2.05, 4.69) is 24.2 Å². The largest absolute Gasteiger partial charge is 0.381 e. The molecule has 0 saturated carbocycles. The highest BCUT2D eigenvalue weighted by atomic mass is 16.5. The Hall–Kier alpha value is -0.160. The van der Waals surface area contributed by atoms with E-state index in [1.165, 1.54) is 19.3 Å². The average molecular weight is 256 g/mol. The van der Waals surface area contributed by atoms with E-state index in [1.807, 2.05) is 0 Å². The summed E-state index contributed by atoms with van der Waals surface area (Å²) in [5, 5.41) is 3.52. The summed E-state index contributed by atoms with van der Waals surface area (Å²) in [5.41, 5.74) is 0.297. The second kappa shape index (κ2) is 6.85. The summed E-state index contributed by atoms with van der Waals surface area (Å²) in [7, 11) is 2.24. The molecular formula is C14H28N2O2. The molecule has 2 atom stereocenters. The number of likely N-dealkylation sites (N-methyl/N-ethyl adjacent to an activating group) is 1. The summed E-state index contributed by atoms with van der Waals surface area (Å²) in [6.45, 7) is 9.06. The monoisotopic (exact) mass is 256 g/mol. The molecule has 4 nitrogen and oxygen atoms in total. The zero-order valence-corrected chi connectivity index (χ0v) is 11.9. The highest BCUT2D eigenvalue weighted by molar-refractivity contribution is 4.88. The lowest BCUT2D eigenvalue weighted by Gasteiger charge is -2.41. The highest BCUT2D eigenvalue weighted by Crippen LogP contribution is 2.30. The van der Waals surface area contributed by atoms with Gasteiger partial charge in [-0.05, 0) is 32.9 Å². The maximum absolute atomic E-state index is 5.75. The van der Waals surface area contributed by atoms with Crippen LogP contribution in [-0.2, 0) is 9.47 Å². The van der Waals surface area contributed by atoms with E-state index in [4.69, 9.17) is 9.47 Å². The van der Waals surface area contributed by atoms with Gasteiger partial charge in [0.15, 0.2) is 0 Å². The minimum atomic E-state index is 0.297. The topological polar surface area (TPSA) is 33.7 Å². The van der Waals surface area contributed by atoms with Crippen LogP contribution < -0.4 is 5.32 Å². The molecule has 2 aliphatic rings. The first kappa shape index (κ1) is 14.3. The van der Waals surface area contributed by atoms with Crippen LogP contribution in [0.2, 0.25) is 0 Å². The van der Waals surface area contributed by atoms with E-state index < -0.39 is 0 Å². The summed E-state index contributed by atoms with van der Waals surface area (Å²) >= 11 is 0. The first-order chi connectivity index (χ1) is 8.76. The molecule has 2 unspecified atom stereocenters. The lowest BCUT2D eigenvalue weighted by Crippen LogP contribution is -2.50. The molecule has 18 heavy (non-hydrogen) atoms. The van der Waals surface area contributed by atoms with E-state index in [1.54, 1.807) is 0 Å².